The van der Waals surface area contributed by atoms with E-state index in [9.17, 15) is 13.2 Å². The van der Waals surface area contributed by atoms with Crippen molar-refractivity contribution in [2.24, 2.45) is 0 Å². The van der Waals surface area contributed by atoms with E-state index in [0.717, 1.165) is 17.0 Å². The van der Waals surface area contributed by atoms with Gasteiger partial charge in [-0.3, -0.25) is 0 Å². The van der Waals surface area contributed by atoms with Crippen LogP contribution in [0.5, 0.6) is 0 Å². The zero-order valence-electron chi connectivity index (χ0n) is 10.3. The van der Waals surface area contributed by atoms with Crippen LogP contribution < -0.4 is 5.32 Å². The molecule has 20 heavy (non-hydrogen) atoms. The Bertz CT molecular complexity index is 617. The third-order valence-electron chi connectivity index (χ3n) is 2.49. The van der Waals surface area contributed by atoms with Crippen LogP contribution in [0.4, 0.5) is 24.7 Å². The number of nitrogens with zero attached hydrogens (tertiary/aromatic N) is 1. The molecule has 0 unspecified atom stereocenters. The van der Waals surface area contributed by atoms with E-state index >= 15 is 0 Å². The Morgan fingerprint density at radius 2 is 1.90 bits per heavy atom. The molecule has 0 amide bonds. The molecule has 0 fully saturated rings. The van der Waals surface area contributed by atoms with E-state index in [4.69, 9.17) is 11.6 Å². The van der Waals surface area contributed by atoms with Gasteiger partial charge in [-0.25, -0.2) is 4.98 Å². The molecule has 2 rings (SSSR count). The fourth-order valence-electron chi connectivity index (χ4n) is 1.61. The van der Waals surface area contributed by atoms with Crippen molar-refractivity contribution in [2.45, 2.75) is 11.1 Å². The fraction of sp³-hybridized carbons (Fsp3) is 0.154. The molecule has 0 saturated heterocycles. The third-order valence-corrected chi connectivity index (χ3v) is 3.48. The molecule has 0 aliphatic carbocycles. The van der Waals surface area contributed by atoms with Crippen molar-refractivity contribution in [3.05, 3.63) is 47.1 Å². The predicted octanol–water partition coefficient (Wildman–Crippen LogP) is 5.22. The summed E-state index contributed by atoms with van der Waals surface area (Å²) < 4.78 is 38.1. The third kappa shape index (κ3) is 3.58. The summed E-state index contributed by atoms with van der Waals surface area (Å²) in [6, 6.07) is 9.00. The van der Waals surface area contributed by atoms with Crippen molar-refractivity contribution in [3.8, 4) is 0 Å². The topological polar surface area (TPSA) is 24.9 Å². The van der Waals surface area contributed by atoms with Crippen LogP contribution in [0.2, 0.25) is 5.15 Å². The van der Waals surface area contributed by atoms with Gasteiger partial charge in [-0.2, -0.15) is 13.2 Å². The highest BCUT2D eigenvalue weighted by Gasteiger charge is 2.31. The first-order valence-electron chi connectivity index (χ1n) is 5.55. The van der Waals surface area contributed by atoms with E-state index in [1.54, 1.807) is 12.1 Å². The van der Waals surface area contributed by atoms with Crippen LogP contribution in [0.1, 0.15) is 5.56 Å². The zero-order valence-corrected chi connectivity index (χ0v) is 11.9. The first-order valence-corrected chi connectivity index (χ1v) is 7.15. The van der Waals surface area contributed by atoms with Gasteiger partial charge in [0.25, 0.3) is 0 Å². The van der Waals surface area contributed by atoms with Gasteiger partial charge >= 0.3 is 6.18 Å². The Morgan fingerprint density at radius 3 is 2.55 bits per heavy atom. The van der Waals surface area contributed by atoms with Gasteiger partial charge in [0.15, 0.2) is 0 Å². The summed E-state index contributed by atoms with van der Waals surface area (Å²) in [5.74, 6) is 0.0614. The second-order valence-electron chi connectivity index (χ2n) is 3.89. The Hall–Kier alpha value is -1.40. The number of pyridine rings is 1. The van der Waals surface area contributed by atoms with Crippen molar-refractivity contribution >= 4 is 34.9 Å². The number of halogens is 4. The standard InChI is InChI=1S/C13H10ClF3N2S/c1-20-10-5-3-2-4-9(10)18-12-7-8(13(15,16)17)6-11(14)19-12/h2-7H,1H3,(H,18,19). The number of hydrogen-bond donors (Lipinski definition) is 1. The molecule has 1 aromatic heterocycles. The van der Waals surface area contributed by atoms with Crippen LogP contribution in [-0.2, 0) is 6.18 Å². The maximum absolute atomic E-state index is 12.7. The van der Waals surface area contributed by atoms with Gasteiger partial charge < -0.3 is 5.32 Å². The minimum atomic E-state index is -4.46. The summed E-state index contributed by atoms with van der Waals surface area (Å²) >= 11 is 7.12. The predicted molar refractivity (Wildman–Crippen MR) is 75.8 cm³/mol. The lowest BCUT2D eigenvalue weighted by molar-refractivity contribution is -0.137. The molecule has 0 aliphatic heterocycles. The van der Waals surface area contributed by atoms with E-state index in [1.165, 1.54) is 11.8 Å². The number of benzene rings is 1. The Morgan fingerprint density at radius 1 is 1.20 bits per heavy atom. The largest absolute Gasteiger partial charge is 0.416 e. The molecule has 1 N–H and O–H groups in total. The summed E-state index contributed by atoms with van der Waals surface area (Å²) in [4.78, 5) is 4.77. The molecule has 0 saturated carbocycles. The number of hydrogen-bond acceptors (Lipinski definition) is 3. The molecule has 1 heterocycles. The number of thioether (sulfide) groups is 1. The molecule has 0 radical (unpaired) electrons. The number of aromatic nitrogens is 1. The van der Waals surface area contributed by atoms with Crippen molar-refractivity contribution in [3.63, 3.8) is 0 Å². The molecule has 0 bridgehead atoms. The number of alkyl halides is 3. The maximum Gasteiger partial charge on any atom is 0.416 e. The summed E-state index contributed by atoms with van der Waals surface area (Å²) in [5, 5.41) is 2.66. The molecule has 7 heteroatoms. The average molecular weight is 319 g/mol. The monoisotopic (exact) mass is 318 g/mol. The molecule has 0 spiro atoms. The quantitative estimate of drug-likeness (QED) is 0.620. The first kappa shape index (κ1) is 15.0. The second-order valence-corrected chi connectivity index (χ2v) is 5.12. The van der Waals surface area contributed by atoms with Gasteiger partial charge in [-0.05, 0) is 30.5 Å². The van der Waals surface area contributed by atoms with Gasteiger partial charge in [0.2, 0.25) is 0 Å². The summed E-state index contributed by atoms with van der Waals surface area (Å²) in [7, 11) is 0. The molecule has 1 aromatic carbocycles. The van der Waals surface area contributed by atoms with Crippen LogP contribution in [0.25, 0.3) is 0 Å². The van der Waals surface area contributed by atoms with Crippen LogP contribution >= 0.6 is 23.4 Å². The van der Waals surface area contributed by atoms with Crippen molar-refractivity contribution in [1.29, 1.82) is 0 Å². The summed E-state index contributed by atoms with van der Waals surface area (Å²) in [6.07, 6.45) is -2.57. The molecule has 0 atom stereocenters. The summed E-state index contributed by atoms with van der Waals surface area (Å²) in [6.45, 7) is 0. The Balaban J connectivity index is 2.36. The van der Waals surface area contributed by atoms with E-state index in [2.05, 4.69) is 10.3 Å². The Kier molecular flexibility index (Phi) is 4.45. The highest BCUT2D eigenvalue weighted by molar-refractivity contribution is 7.98. The van der Waals surface area contributed by atoms with Crippen molar-refractivity contribution < 1.29 is 13.2 Å². The van der Waals surface area contributed by atoms with Gasteiger partial charge in [0.05, 0.1) is 11.3 Å². The highest BCUT2D eigenvalue weighted by Crippen LogP contribution is 2.33. The number of para-hydroxylation sites is 1. The van der Waals surface area contributed by atoms with Gasteiger partial charge in [-0.15, -0.1) is 11.8 Å². The minimum Gasteiger partial charge on any atom is -0.339 e. The van der Waals surface area contributed by atoms with E-state index in [-0.39, 0.29) is 11.0 Å². The van der Waals surface area contributed by atoms with Crippen molar-refractivity contribution in [2.75, 3.05) is 11.6 Å². The smallest absolute Gasteiger partial charge is 0.339 e. The van der Waals surface area contributed by atoms with Crippen LogP contribution in [0.15, 0.2) is 41.3 Å². The Labute approximate surface area is 123 Å². The molecule has 0 aliphatic rings. The lowest BCUT2D eigenvalue weighted by Gasteiger charge is -2.12. The first-order chi connectivity index (χ1) is 9.40. The van der Waals surface area contributed by atoms with E-state index < -0.39 is 11.7 Å². The number of anilines is 2. The van der Waals surface area contributed by atoms with Gasteiger partial charge in [0.1, 0.15) is 11.0 Å². The SMILES string of the molecule is CSc1ccccc1Nc1cc(C(F)(F)F)cc(Cl)n1. The molecule has 2 nitrogen and oxygen atoms in total. The number of nitrogens with one attached hydrogen (secondary N) is 1. The van der Waals surface area contributed by atoms with Crippen molar-refractivity contribution in [1.82, 2.24) is 4.98 Å². The molecular formula is C13H10ClF3N2S. The molecular weight excluding hydrogens is 309 g/mol. The van der Waals surface area contributed by atoms with Crippen LogP contribution in [-0.4, -0.2) is 11.2 Å². The zero-order chi connectivity index (χ0) is 14.8. The minimum absolute atomic E-state index is 0.0614. The maximum atomic E-state index is 12.7. The normalized spacial score (nSPS) is 11.4. The highest BCUT2D eigenvalue weighted by atomic mass is 35.5. The van der Waals surface area contributed by atoms with Gasteiger partial charge in [-0.1, -0.05) is 23.7 Å². The van der Waals surface area contributed by atoms with Crippen LogP contribution in [0, 0.1) is 0 Å². The van der Waals surface area contributed by atoms with Crippen LogP contribution in [0.3, 0.4) is 0 Å². The lowest BCUT2D eigenvalue weighted by atomic mass is 10.2. The van der Waals surface area contributed by atoms with Gasteiger partial charge in [0, 0.05) is 4.90 Å². The second kappa shape index (κ2) is 5.93. The number of rotatable bonds is 3. The molecule has 106 valence electrons. The molecule has 2 aromatic rings. The average Bonchev–Trinajstić information content (AvgIpc) is 2.37. The van der Waals surface area contributed by atoms with E-state index in [1.807, 2.05) is 18.4 Å². The lowest BCUT2D eigenvalue weighted by Crippen LogP contribution is -2.07. The summed E-state index contributed by atoms with van der Waals surface area (Å²) in [5.41, 5.74) is -0.149. The fourth-order valence-corrected chi connectivity index (χ4v) is 2.37. The van der Waals surface area contributed by atoms with E-state index in [0.29, 0.717) is 5.69 Å².